The monoisotopic (exact) mass is 425 g/mol. The summed E-state index contributed by atoms with van der Waals surface area (Å²) in [5.41, 5.74) is 0. The minimum Gasteiger partial charge on any atom is -0.347 e. The van der Waals surface area contributed by atoms with Crippen LogP contribution >= 0.6 is 24.0 Å². The van der Waals surface area contributed by atoms with Crippen LogP contribution in [0.1, 0.15) is 13.8 Å². The Bertz CT molecular complexity index is 404. The van der Waals surface area contributed by atoms with Crippen LogP contribution in [0.3, 0.4) is 0 Å². The molecule has 1 fully saturated rings. The van der Waals surface area contributed by atoms with Gasteiger partial charge in [0, 0.05) is 53.2 Å². The van der Waals surface area contributed by atoms with Gasteiger partial charge in [0.2, 0.25) is 11.8 Å². The van der Waals surface area contributed by atoms with Crippen LogP contribution < -0.4 is 5.32 Å². The van der Waals surface area contributed by atoms with E-state index >= 15 is 0 Å². The van der Waals surface area contributed by atoms with Gasteiger partial charge in [-0.1, -0.05) is 13.8 Å². The molecule has 1 N–H and O–H groups in total. The summed E-state index contributed by atoms with van der Waals surface area (Å²) in [5.74, 6) is 0.943. The summed E-state index contributed by atoms with van der Waals surface area (Å²) in [4.78, 5) is 33.3. The fourth-order valence-electron chi connectivity index (χ4n) is 2.15. The molecule has 2 amide bonds. The van der Waals surface area contributed by atoms with Crippen molar-refractivity contribution in [1.29, 1.82) is 0 Å². The van der Waals surface area contributed by atoms with E-state index in [9.17, 15) is 9.59 Å². The first-order valence-electron chi connectivity index (χ1n) is 7.31. The second-order valence-corrected chi connectivity index (χ2v) is 5.66. The fourth-order valence-corrected chi connectivity index (χ4v) is 2.15. The summed E-state index contributed by atoms with van der Waals surface area (Å²) in [6.07, 6.45) is 0. The van der Waals surface area contributed by atoms with Crippen molar-refractivity contribution >= 4 is 41.8 Å². The molecular formula is C14H28IN5O2. The Kier molecular flexibility index (Phi) is 9.38. The molecule has 0 aromatic rings. The molecule has 0 unspecified atom stereocenters. The van der Waals surface area contributed by atoms with Gasteiger partial charge in [-0.05, 0) is 0 Å². The van der Waals surface area contributed by atoms with Crippen molar-refractivity contribution in [1.82, 2.24) is 20.0 Å². The maximum Gasteiger partial charge on any atom is 0.241 e. The van der Waals surface area contributed by atoms with Crippen molar-refractivity contribution in [3.63, 3.8) is 0 Å². The first-order chi connectivity index (χ1) is 9.86. The van der Waals surface area contributed by atoms with Crippen molar-refractivity contribution < 1.29 is 9.59 Å². The molecule has 1 rings (SSSR count). The average Bonchev–Trinajstić information content (AvgIpc) is 2.47. The van der Waals surface area contributed by atoms with Crippen molar-refractivity contribution in [3.8, 4) is 0 Å². The summed E-state index contributed by atoms with van der Waals surface area (Å²) >= 11 is 0. The predicted molar refractivity (Wildman–Crippen MR) is 98.5 cm³/mol. The molecule has 1 aliphatic heterocycles. The lowest BCUT2D eigenvalue weighted by molar-refractivity contribution is -0.135. The number of nitrogens with zero attached hydrogens (tertiary/aromatic N) is 4. The Morgan fingerprint density at radius 3 is 2.05 bits per heavy atom. The molecule has 0 bridgehead atoms. The van der Waals surface area contributed by atoms with Gasteiger partial charge in [0.25, 0.3) is 0 Å². The first-order valence-corrected chi connectivity index (χ1v) is 7.31. The third kappa shape index (κ3) is 5.98. The molecule has 0 aromatic carbocycles. The highest BCUT2D eigenvalue weighted by Crippen LogP contribution is 2.07. The zero-order chi connectivity index (χ0) is 16.0. The van der Waals surface area contributed by atoms with E-state index in [1.807, 2.05) is 18.7 Å². The van der Waals surface area contributed by atoms with Crippen LogP contribution in [0.4, 0.5) is 0 Å². The molecule has 7 nitrogen and oxygen atoms in total. The Balaban J connectivity index is 0.00000441. The lowest BCUT2D eigenvalue weighted by atomic mass is 10.1. The van der Waals surface area contributed by atoms with E-state index in [4.69, 9.17) is 0 Å². The van der Waals surface area contributed by atoms with Gasteiger partial charge in [0.15, 0.2) is 5.96 Å². The molecule has 0 saturated carbocycles. The molecule has 22 heavy (non-hydrogen) atoms. The van der Waals surface area contributed by atoms with Crippen molar-refractivity contribution in [2.75, 3.05) is 53.9 Å². The number of carbonyl (C=O) groups excluding carboxylic acids is 2. The Morgan fingerprint density at radius 2 is 1.64 bits per heavy atom. The van der Waals surface area contributed by atoms with E-state index in [1.165, 1.54) is 0 Å². The van der Waals surface area contributed by atoms with Crippen LogP contribution in [0.5, 0.6) is 0 Å². The number of halogens is 1. The molecule has 128 valence electrons. The van der Waals surface area contributed by atoms with Gasteiger partial charge in [-0.15, -0.1) is 24.0 Å². The molecule has 0 aromatic heterocycles. The number of hydrogen-bond donors (Lipinski definition) is 1. The standard InChI is InChI=1S/C14H27N5O2.HI/c1-11(2)13(21)18-6-8-19(9-7-18)14(15-3)16-10-12(20)17(4)5;/h11H,6-10H2,1-5H3,(H,15,16);1H. The maximum absolute atomic E-state index is 11.9. The molecule has 1 heterocycles. The Hall–Kier alpha value is -1.06. The van der Waals surface area contributed by atoms with Crippen LogP contribution in [0, 0.1) is 5.92 Å². The topological polar surface area (TPSA) is 68.2 Å². The highest BCUT2D eigenvalue weighted by Gasteiger charge is 2.24. The molecule has 0 atom stereocenters. The van der Waals surface area contributed by atoms with E-state index < -0.39 is 0 Å². The smallest absolute Gasteiger partial charge is 0.241 e. The number of aliphatic imine (C=N–C) groups is 1. The number of carbonyl (C=O) groups is 2. The summed E-state index contributed by atoms with van der Waals surface area (Å²) in [7, 11) is 5.15. The molecule has 0 spiro atoms. The largest absolute Gasteiger partial charge is 0.347 e. The van der Waals surface area contributed by atoms with Crippen molar-refractivity contribution in [3.05, 3.63) is 0 Å². The molecule has 0 aliphatic carbocycles. The summed E-state index contributed by atoms with van der Waals surface area (Å²) in [6, 6.07) is 0. The number of likely N-dealkylation sites (N-methyl/N-ethyl adjacent to an activating group) is 1. The van der Waals surface area contributed by atoms with E-state index in [0.717, 1.165) is 13.1 Å². The zero-order valence-electron chi connectivity index (χ0n) is 14.1. The highest BCUT2D eigenvalue weighted by molar-refractivity contribution is 14.0. The Labute approximate surface area is 150 Å². The third-order valence-electron chi connectivity index (χ3n) is 3.49. The fraction of sp³-hybridized carbons (Fsp3) is 0.786. The third-order valence-corrected chi connectivity index (χ3v) is 3.49. The van der Waals surface area contributed by atoms with Gasteiger partial charge in [-0.2, -0.15) is 0 Å². The lowest BCUT2D eigenvalue weighted by Crippen LogP contribution is -2.55. The summed E-state index contributed by atoms with van der Waals surface area (Å²) < 4.78 is 0. The summed E-state index contributed by atoms with van der Waals surface area (Å²) in [6.45, 7) is 6.91. The van der Waals surface area contributed by atoms with Crippen LogP contribution in [0.25, 0.3) is 0 Å². The molecule has 1 aliphatic rings. The van der Waals surface area contributed by atoms with E-state index in [1.54, 1.807) is 26.0 Å². The molecule has 8 heteroatoms. The minimum absolute atomic E-state index is 0. The van der Waals surface area contributed by atoms with E-state index in [-0.39, 0.29) is 48.3 Å². The number of guanidine groups is 1. The SMILES string of the molecule is CN=C(NCC(=O)N(C)C)N1CCN(C(=O)C(C)C)CC1.I. The number of piperazine rings is 1. The van der Waals surface area contributed by atoms with Gasteiger partial charge in [-0.3, -0.25) is 14.6 Å². The number of amides is 2. The first kappa shape index (κ1) is 20.9. The van der Waals surface area contributed by atoms with Crippen molar-refractivity contribution in [2.24, 2.45) is 10.9 Å². The maximum atomic E-state index is 11.9. The van der Waals surface area contributed by atoms with Gasteiger partial charge >= 0.3 is 0 Å². The number of rotatable bonds is 3. The molecule has 1 saturated heterocycles. The average molecular weight is 425 g/mol. The van der Waals surface area contributed by atoms with Crippen LogP contribution in [-0.2, 0) is 9.59 Å². The second kappa shape index (κ2) is 9.86. The minimum atomic E-state index is 0. The predicted octanol–water partition coefficient (Wildman–Crippen LogP) is 0.0682. The summed E-state index contributed by atoms with van der Waals surface area (Å²) in [5, 5.41) is 3.07. The van der Waals surface area contributed by atoms with E-state index in [2.05, 4.69) is 15.2 Å². The second-order valence-electron chi connectivity index (χ2n) is 5.66. The van der Waals surface area contributed by atoms with E-state index in [0.29, 0.717) is 19.0 Å². The van der Waals surface area contributed by atoms with Crippen molar-refractivity contribution in [2.45, 2.75) is 13.8 Å². The van der Waals surface area contributed by atoms with Crippen LogP contribution in [0.15, 0.2) is 4.99 Å². The lowest BCUT2D eigenvalue weighted by Gasteiger charge is -2.37. The zero-order valence-corrected chi connectivity index (χ0v) is 16.5. The number of hydrogen-bond acceptors (Lipinski definition) is 3. The van der Waals surface area contributed by atoms with Gasteiger partial charge in [0.1, 0.15) is 0 Å². The number of nitrogens with one attached hydrogen (secondary N) is 1. The van der Waals surface area contributed by atoms with Gasteiger partial charge in [-0.25, -0.2) is 0 Å². The van der Waals surface area contributed by atoms with Crippen LogP contribution in [-0.4, -0.2) is 86.3 Å². The van der Waals surface area contributed by atoms with Gasteiger partial charge < -0.3 is 20.0 Å². The highest BCUT2D eigenvalue weighted by atomic mass is 127. The van der Waals surface area contributed by atoms with Gasteiger partial charge in [0.05, 0.1) is 6.54 Å². The molecular weight excluding hydrogens is 397 g/mol. The quantitative estimate of drug-likeness (QED) is 0.395. The Morgan fingerprint density at radius 1 is 1.14 bits per heavy atom. The normalized spacial score (nSPS) is 15.5. The van der Waals surface area contributed by atoms with Crippen LogP contribution in [0.2, 0.25) is 0 Å². The molecule has 0 radical (unpaired) electrons.